The van der Waals surface area contributed by atoms with E-state index in [1.54, 1.807) is 36.4 Å². The second-order valence-electron chi connectivity index (χ2n) is 5.36. The van der Waals surface area contributed by atoms with Crippen molar-refractivity contribution in [2.75, 3.05) is 25.7 Å². The smallest absolute Gasteiger partial charge is 0.348 e. The number of ether oxygens (including phenoxy) is 3. The number of hydrogen-bond donors (Lipinski definition) is 0. The first-order valence-electron chi connectivity index (χ1n) is 7.54. The molecule has 6 nitrogen and oxygen atoms in total. The van der Waals surface area contributed by atoms with E-state index in [0.717, 1.165) is 0 Å². The molecule has 0 fully saturated rings. The summed E-state index contributed by atoms with van der Waals surface area (Å²) in [5.74, 6) is -0.0687. The average molecular weight is 362 g/mol. The van der Waals surface area contributed by atoms with Crippen LogP contribution in [0.25, 0.3) is 0 Å². The topological polar surface area (TPSA) is 65.1 Å². The van der Waals surface area contributed by atoms with Crippen LogP contribution in [0.4, 0.5) is 5.69 Å². The summed E-state index contributed by atoms with van der Waals surface area (Å²) in [5, 5.41) is 0.412. The van der Waals surface area contributed by atoms with Gasteiger partial charge in [-0.1, -0.05) is 23.7 Å². The molecule has 7 heteroatoms. The number of carbonyl (C=O) groups is 2. The van der Waals surface area contributed by atoms with Crippen LogP contribution in [0.1, 0.15) is 10.4 Å². The number of halogens is 1. The second kappa shape index (κ2) is 7.03. The van der Waals surface area contributed by atoms with Crippen LogP contribution in [0.15, 0.2) is 42.5 Å². The maximum Gasteiger partial charge on any atom is 0.348 e. The van der Waals surface area contributed by atoms with Gasteiger partial charge in [0, 0.05) is 5.02 Å². The maximum absolute atomic E-state index is 13.1. The van der Waals surface area contributed by atoms with E-state index in [9.17, 15) is 9.59 Å². The monoisotopic (exact) mass is 361 g/mol. The Kier molecular flexibility index (Phi) is 4.81. The fraction of sp³-hybridized carbons (Fsp3) is 0.222. The molecule has 25 heavy (non-hydrogen) atoms. The molecule has 3 rings (SSSR count). The average Bonchev–Trinajstić information content (AvgIpc) is 2.65. The molecule has 1 heterocycles. The molecule has 0 saturated carbocycles. The zero-order chi connectivity index (χ0) is 18.0. The number of amides is 1. The van der Waals surface area contributed by atoms with Crippen molar-refractivity contribution in [3.8, 4) is 11.5 Å². The number of rotatable bonds is 3. The first kappa shape index (κ1) is 17.1. The molecule has 0 N–H and O–H groups in total. The zero-order valence-electron chi connectivity index (χ0n) is 13.7. The molecule has 0 unspecified atom stereocenters. The third-order valence-electron chi connectivity index (χ3n) is 3.87. The Labute approximate surface area is 149 Å². The summed E-state index contributed by atoms with van der Waals surface area (Å²) in [7, 11) is 2.75. The van der Waals surface area contributed by atoms with Crippen molar-refractivity contribution in [2.45, 2.75) is 6.10 Å². The van der Waals surface area contributed by atoms with E-state index in [4.69, 9.17) is 25.8 Å². The third kappa shape index (κ3) is 3.25. The van der Waals surface area contributed by atoms with Gasteiger partial charge in [0.15, 0.2) is 0 Å². The number of anilines is 1. The highest BCUT2D eigenvalue weighted by Crippen LogP contribution is 2.35. The molecule has 0 aromatic heterocycles. The molecule has 1 amide bonds. The van der Waals surface area contributed by atoms with Crippen molar-refractivity contribution in [1.29, 1.82) is 0 Å². The van der Waals surface area contributed by atoms with Crippen LogP contribution in [-0.4, -0.2) is 38.7 Å². The van der Waals surface area contributed by atoms with Crippen LogP contribution >= 0.6 is 11.6 Å². The van der Waals surface area contributed by atoms with Crippen molar-refractivity contribution in [2.24, 2.45) is 0 Å². The largest absolute Gasteiger partial charge is 0.496 e. The normalized spacial score (nSPS) is 15.8. The van der Waals surface area contributed by atoms with Crippen LogP contribution in [0.2, 0.25) is 5.02 Å². The Bertz CT molecular complexity index is 823. The number of esters is 1. The summed E-state index contributed by atoms with van der Waals surface area (Å²) >= 11 is 6.03. The van der Waals surface area contributed by atoms with E-state index in [1.165, 1.54) is 25.2 Å². The lowest BCUT2D eigenvalue weighted by Gasteiger charge is -2.33. The lowest BCUT2D eigenvalue weighted by molar-refractivity contribution is -0.148. The van der Waals surface area contributed by atoms with Gasteiger partial charge in [-0.2, -0.15) is 0 Å². The molecule has 0 spiro atoms. The zero-order valence-corrected chi connectivity index (χ0v) is 14.4. The molecule has 0 bridgehead atoms. The Balaban J connectivity index is 2.04. The van der Waals surface area contributed by atoms with Crippen molar-refractivity contribution in [3.05, 3.63) is 53.1 Å². The molecule has 1 atom stereocenters. The Morgan fingerprint density at radius 3 is 2.68 bits per heavy atom. The van der Waals surface area contributed by atoms with Crippen molar-refractivity contribution in [3.63, 3.8) is 0 Å². The van der Waals surface area contributed by atoms with Crippen molar-refractivity contribution >= 4 is 29.2 Å². The summed E-state index contributed by atoms with van der Waals surface area (Å²) in [6, 6.07) is 11.8. The third-order valence-corrected chi connectivity index (χ3v) is 4.11. The van der Waals surface area contributed by atoms with E-state index in [0.29, 0.717) is 27.8 Å². The highest BCUT2D eigenvalue weighted by molar-refractivity contribution is 6.31. The predicted molar refractivity (Wildman–Crippen MR) is 92.6 cm³/mol. The first-order chi connectivity index (χ1) is 12.0. The number of nitrogens with zero attached hydrogens (tertiary/aromatic N) is 1. The lowest BCUT2D eigenvalue weighted by atomic mass is 10.1. The van der Waals surface area contributed by atoms with Crippen LogP contribution < -0.4 is 14.4 Å². The molecular formula is C18H16ClNO5. The number of methoxy groups -OCH3 is 2. The van der Waals surface area contributed by atoms with Gasteiger partial charge in [-0.25, -0.2) is 4.79 Å². The van der Waals surface area contributed by atoms with Crippen molar-refractivity contribution in [1.82, 2.24) is 0 Å². The van der Waals surface area contributed by atoms with Gasteiger partial charge in [-0.05, 0) is 30.3 Å². The van der Waals surface area contributed by atoms with E-state index < -0.39 is 12.1 Å². The SMILES string of the molecule is COC(=O)[C@H]1CN(C(=O)c2cc(Cl)ccc2OC)c2ccccc2O1. The summed E-state index contributed by atoms with van der Waals surface area (Å²) < 4.78 is 15.7. The van der Waals surface area contributed by atoms with Crippen LogP contribution in [0.5, 0.6) is 11.5 Å². The number of benzene rings is 2. The summed E-state index contributed by atoms with van der Waals surface area (Å²) in [5.41, 5.74) is 0.866. The highest BCUT2D eigenvalue weighted by atomic mass is 35.5. The molecule has 130 valence electrons. The van der Waals surface area contributed by atoms with E-state index in [2.05, 4.69) is 0 Å². The standard InChI is InChI=1S/C18H16ClNO5/c1-23-14-8-7-11(19)9-12(14)17(21)20-10-16(18(22)24-2)25-15-6-4-3-5-13(15)20/h3-9,16H,10H2,1-2H3/t16-/m1/s1. The first-order valence-corrected chi connectivity index (χ1v) is 7.92. The molecule has 1 aliphatic rings. The molecule has 0 saturated heterocycles. The van der Waals surface area contributed by atoms with Gasteiger partial charge in [0.05, 0.1) is 32.0 Å². The van der Waals surface area contributed by atoms with Gasteiger partial charge in [-0.3, -0.25) is 4.79 Å². The Morgan fingerprint density at radius 2 is 1.96 bits per heavy atom. The fourth-order valence-electron chi connectivity index (χ4n) is 2.67. The quantitative estimate of drug-likeness (QED) is 0.786. The minimum Gasteiger partial charge on any atom is -0.496 e. The van der Waals surface area contributed by atoms with Crippen LogP contribution in [0.3, 0.4) is 0 Å². The number of fused-ring (bicyclic) bond motifs is 1. The van der Waals surface area contributed by atoms with Gasteiger partial charge in [0.25, 0.3) is 5.91 Å². The Morgan fingerprint density at radius 1 is 1.20 bits per heavy atom. The summed E-state index contributed by atoms with van der Waals surface area (Å²) in [6.07, 6.45) is -0.908. The fourth-order valence-corrected chi connectivity index (χ4v) is 2.85. The van der Waals surface area contributed by atoms with Gasteiger partial charge in [0.1, 0.15) is 11.5 Å². The second-order valence-corrected chi connectivity index (χ2v) is 5.79. The van der Waals surface area contributed by atoms with E-state index in [1.807, 2.05) is 0 Å². The molecule has 0 aliphatic carbocycles. The summed E-state index contributed by atoms with van der Waals surface area (Å²) in [6.45, 7) is 0.0260. The summed E-state index contributed by atoms with van der Waals surface area (Å²) in [4.78, 5) is 26.5. The number of para-hydroxylation sites is 2. The molecule has 2 aromatic carbocycles. The molecule has 1 aliphatic heterocycles. The molecular weight excluding hydrogens is 346 g/mol. The molecule has 0 radical (unpaired) electrons. The van der Waals surface area contributed by atoms with E-state index in [-0.39, 0.29) is 12.5 Å². The highest BCUT2D eigenvalue weighted by Gasteiger charge is 2.35. The minimum absolute atomic E-state index is 0.0260. The number of hydrogen-bond acceptors (Lipinski definition) is 5. The van der Waals surface area contributed by atoms with Crippen molar-refractivity contribution < 1.29 is 23.8 Å². The molecule has 2 aromatic rings. The Hall–Kier alpha value is -2.73. The number of carbonyl (C=O) groups excluding carboxylic acids is 2. The van der Waals surface area contributed by atoms with Gasteiger partial charge >= 0.3 is 5.97 Å². The minimum atomic E-state index is -0.908. The predicted octanol–water partition coefficient (Wildman–Crippen LogP) is 2.93. The van der Waals surface area contributed by atoms with Crippen LogP contribution in [0, 0.1) is 0 Å². The van der Waals surface area contributed by atoms with Crippen LogP contribution in [-0.2, 0) is 9.53 Å². The van der Waals surface area contributed by atoms with E-state index >= 15 is 0 Å². The maximum atomic E-state index is 13.1. The van der Waals surface area contributed by atoms with Gasteiger partial charge in [-0.15, -0.1) is 0 Å². The van der Waals surface area contributed by atoms with Gasteiger partial charge < -0.3 is 19.1 Å². The van der Waals surface area contributed by atoms with Gasteiger partial charge in [0.2, 0.25) is 6.10 Å². The lowest BCUT2D eigenvalue weighted by Crippen LogP contribution is -2.47.